The van der Waals surface area contributed by atoms with Gasteiger partial charge in [0.1, 0.15) is 6.61 Å². The van der Waals surface area contributed by atoms with Gasteiger partial charge in [0, 0.05) is 4.47 Å². The first-order valence-electron chi connectivity index (χ1n) is 10.1. The lowest BCUT2D eigenvalue weighted by molar-refractivity contribution is -0.113. The number of halogens is 2. The zero-order chi connectivity index (χ0) is 23.4. The Balaban J connectivity index is 1.61. The quantitative estimate of drug-likeness (QED) is 0.221. The fraction of sp³-hybridized carbons (Fsp3) is 0.120. The highest BCUT2D eigenvalue weighted by molar-refractivity contribution is 9.10. The minimum absolute atomic E-state index is 0.179. The highest BCUT2D eigenvalue weighted by Gasteiger charge is 2.33. The molecular formula is C25H19BrClNO3S2. The number of nitrogens with zero attached hydrogens (tertiary/aromatic N) is 1. The lowest BCUT2D eigenvalue weighted by Gasteiger charge is -2.15. The number of thiocarbonyl (C=S) groups is 1. The fourth-order valence-corrected chi connectivity index (χ4v) is 5.22. The summed E-state index contributed by atoms with van der Waals surface area (Å²) < 4.78 is 13.1. The predicted molar refractivity (Wildman–Crippen MR) is 143 cm³/mol. The molecule has 3 aromatic carbocycles. The molecule has 1 heterocycles. The van der Waals surface area contributed by atoms with Crippen LogP contribution in [0.1, 0.15) is 18.1 Å². The molecule has 0 saturated carbocycles. The smallest absolute Gasteiger partial charge is 0.270 e. The molecule has 0 unspecified atom stereocenters. The first-order valence-corrected chi connectivity index (χ1v) is 12.5. The third kappa shape index (κ3) is 5.61. The van der Waals surface area contributed by atoms with Gasteiger partial charge in [0.05, 0.1) is 22.2 Å². The van der Waals surface area contributed by atoms with Crippen LogP contribution >= 0.6 is 51.5 Å². The van der Waals surface area contributed by atoms with Gasteiger partial charge < -0.3 is 9.47 Å². The average Bonchev–Trinajstić information content (AvgIpc) is 3.07. The van der Waals surface area contributed by atoms with Crippen molar-refractivity contribution < 1.29 is 14.3 Å². The zero-order valence-corrected chi connectivity index (χ0v) is 21.6. The maximum Gasteiger partial charge on any atom is 0.270 e. The van der Waals surface area contributed by atoms with E-state index in [1.165, 1.54) is 16.7 Å². The van der Waals surface area contributed by atoms with E-state index in [2.05, 4.69) is 15.9 Å². The van der Waals surface area contributed by atoms with Crippen molar-refractivity contribution >= 4 is 73.5 Å². The van der Waals surface area contributed by atoms with E-state index >= 15 is 0 Å². The molecular weight excluding hydrogens is 542 g/mol. The van der Waals surface area contributed by atoms with Crippen LogP contribution in [0, 0.1) is 0 Å². The molecule has 0 aliphatic carbocycles. The Morgan fingerprint density at radius 3 is 2.61 bits per heavy atom. The summed E-state index contributed by atoms with van der Waals surface area (Å²) in [5.41, 5.74) is 2.47. The third-order valence-electron chi connectivity index (χ3n) is 4.72. The summed E-state index contributed by atoms with van der Waals surface area (Å²) >= 11 is 16.7. The molecule has 0 atom stereocenters. The topological polar surface area (TPSA) is 38.8 Å². The van der Waals surface area contributed by atoms with E-state index in [1.807, 2.05) is 67.6 Å². The van der Waals surface area contributed by atoms with Gasteiger partial charge in [0.2, 0.25) is 0 Å². The van der Waals surface area contributed by atoms with Crippen molar-refractivity contribution in [3.63, 3.8) is 0 Å². The maximum absolute atomic E-state index is 13.1. The second-order valence-corrected chi connectivity index (χ2v) is 10.0. The van der Waals surface area contributed by atoms with Gasteiger partial charge in [0.25, 0.3) is 5.91 Å². The van der Waals surface area contributed by atoms with E-state index in [0.29, 0.717) is 44.6 Å². The van der Waals surface area contributed by atoms with Crippen LogP contribution in [0.25, 0.3) is 6.08 Å². The third-order valence-corrected chi connectivity index (χ3v) is 6.79. The number of hydrogen-bond donors (Lipinski definition) is 0. The standard InChI is InChI=1S/C25H19BrClNO3S2/c1-2-30-21-12-17(11-20(27)23(21)31-15-16-7-4-3-5-8-16)13-22-24(29)28(25(32)33-22)19-10-6-9-18(26)14-19/h3-14H,2,15H2,1H3/b22-13-. The van der Waals surface area contributed by atoms with Gasteiger partial charge in [-0.15, -0.1) is 0 Å². The summed E-state index contributed by atoms with van der Waals surface area (Å²) in [7, 11) is 0. The number of carbonyl (C=O) groups is 1. The Morgan fingerprint density at radius 1 is 1.09 bits per heavy atom. The van der Waals surface area contributed by atoms with Crippen LogP contribution < -0.4 is 14.4 Å². The Morgan fingerprint density at radius 2 is 1.88 bits per heavy atom. The largest absolute Gasteiger partial charge is 0.490 e. The molecule has 0 aromatic heterocycles. The maximum atomic E-state index is 13.1. The molecule has 3 aromatic rings. The zero-order valence-electron chi connectivity index (χ0n) is 17.6. The van der Waals surface area contributed by atoms with Crippen LogP contribution in [0.15, 0.2) is 76.1 Å². The molecule has 0 radical (unpaired) electrons. The van der Waals surface area contributed by atoms with Gasteiger partial charge in [-0.25, -0.2) is 0 Å². The van der Waals surface area contributed by atoms with Gasteiger partial charge in [-0.1, -0.05) is 87.9 Å². The number of thioether (sulfide) groups is 1. The molecule has 33 heavy (non-hydrogen) atoms. The summed E-state index contributed by atoms with van der Waals surface area (Å²) in [6.45, 7) is 2.71. The molecule has 0 spiro atoms. The van der Waals surface area contributed by atoms with E-state index in [-0.39, 0.29) is 5.91 Å². The predicted octanol–water partition coefficient (Wildman–Crippen LogP) is 7.49. The van der Waals surface area contributed by atoms with Crippen LogP contribution in [0.4, 0.5) is 5.69 Å². The van der Waals surface area contributed by atoms with Crippen LogP contribution in [0.3, 0.4) is 0 Å². The van der Waals surface area contributed by atoms with Crippen molar-refractivity contribution in [3.05, 3.63) is 92.3 Å². The number of hydrogen-bond acceptors (Lipinski definition) is 5. The van der Waals surface area contributed by atoms with Crippen molar-refractivity contribution in [2.24, 2.45) is 0 Å². The number of amides is 1. The summed E-state index contributed by atoms with van der Waals surface area (Å²) in [5.74, 6) is 0.817. The second kappa shape index (κ2) is 10.7. The van der Waals surface area contributed by atoms with Crippen molar-refractivity contribution in [2.45, 2.75) is 13.5 Å². The molecule has 1 aliphatic heterocycles. The molecule has 1 saturated heterocycles. The van der Waals surface area contributed by atoms with Gasteiger partial charge >= 0.3 is 0 Å². The highest BCUT2D eigenvalue weighted by Crippen LogP contribution is 2.40. The van der Waals surface area contributed by atoms with Gasteiger partial charge in [-0.3, -0.25) is 9.69 Å². The molecule has 0 bridgehead atoms. The minimum Gasteiger partial charge on any atom is -0.490 e. The van der Waals surface area contributed by atoms with E-state index < -0.39 is 0 Å². The molecule has 1 aliphatic rings. The molecule has 168 valence electrons. The van der Waals surface area contributed by atoms with Gasteiger partial charge in [-0.05, 0) is 54.5 Å². The number of carbonyl (C=O) groups excluding carboxylic acids is 1. The number of benzene rings is 3. The van der Waals surface area contributed by atoms with E-state index in [9.17, 15) is 4.79 Å². The number of ether oxygens (including phenoxy) is 2. The Hall–Kier alpha value is -2.32. The first kappa shape index (κ1) is 23.8. The normalized spacial score (nSPS) is 14.8. The lowest BCUT2D eigenvalue weighted by Crippen LogP contribution is -2.27. The van der Waals surface area contributed by atoms with Crippen molar-refractivity contribution in [2.75, 3.05) is 11.5 Å². The van der Waals surface area contributed by atoms with Crippen molar-refractivity contribution in [1.29, 1.82) is 0 Å². The summed E-state index contributed by atoms with van der Waals surface area (Å²) in [6.07, 6.45) is 1.77. The average molecular weight is 561 g/mol. The van der Waals surface area contributed by atoms with Crippen LogP contribution in [0.2, 0.25) is 5.02 Å². The minimum atomic E-state index is -0.179. The summed E-state index contributed by atoms with van der Waals surface area (Å²) in [6, 6.07) is 20.9. The SMILES string of the molecule is CCOc1cc(/C=C2\SC(=S)N(c3cccc(Br)c3)C2=O)cc(Cl)c1OCc1ccccc1. The molecule has 8 heteroatoms. The first-order chi connectivity index (χ1) is 16.0. The monoisotopic (exact) mass is 559 g/mol. The highest BCUT2D eigenvalue weighted by atomic mass is 79.9. The van der Waals surface area contributed by atoms with Gasteiger partial charge in [0.15, 0.2) is 15.8 Å². The number of rotatable bonds is 7. The summed E-state index contributed by atoms with van der Waals surface area (Å²) in [4.78, 5) is 15.1. The Bertz CT molecular complexity index is 1230. The van der Waals surface area contributed by atoms with Crippen molar-refractivity contribution in [3.8, 4) is 11.5 Å². The Kier molecular flexibility index (Phi) is 7.75. The van der Waals surface area contributed by atoms with Crippen LogP contribution in [-0.2, 0) is 11.4 Å². The van der Waals surface area contributed by atoms with Gasteiger partial charge in [-0.2, -0.15) is 0 Å². The lowest BCUT2D eigenvalue weighted by atomic mass is 10.1. The fourth-order valence-electron chi connectivity index (χ4n) is 3.26. The molecule has 1 fully saturated rings. The van der Waals surface area contributed by atoms with E-state index in [4.69, 9.17) is 33.3 Å². The van der Waals surface area contributed by atoms with Crippen molar-refractivity contribution in [1.82, 2.24) is 0 Å². The second-order valence-electron chi connectivity index (χ2n) is 7.03. The van der Waals surface area contributed by atoms with E-state index in [0.717, 1.165) is 15.6 Å². The molecule has 4 nitrogen and oxygen atoms in total. The summed E-state index contributed by atoms with van der Waals surface area (Å²) in [5, 5.41) is 0.408. The molecule has 4 rings (SSSR count). The van der Waals surface area contributed by atoms with Crippen LogP contribution in [-0.4, -0.2) is 16.8 Å². The molecule has 1 amide bonds. The van der Waals surface area contributed by atoms with Crippen LogP contribution in [0.5, 0.6) is 11.5 Å². The van der Waals surface area contributed by atoms with E-state index in [1.54, 1.807) is 12.1 Å². The number of anilines is 1. The Labute approximate surface area is 215 Å². The molecule has 0 N–H and O–H groups in total.